The molecule has 3 rings (SSSR count). The summed E-state index contributed by atoms with van der Waals surface area (Å²) in [5.41, 5.74) is 2.59. The van der Waals surface area contributed by atoms with Crippen LogP contribution in [0.3, 0.4) is 0 Å². The van der Waals surface area contributed by atoms with Crippen molar-refractivity contribution < 1.29 is 4.79 Å². The van der Waals surface area contributed by atoms with E-state index in [1.807, 2.05) is 18.4 Å². The van der Waals surface area contributed by atoms with Gasteiger partial charge in [-0.3, -0.25) is 4.79 Å². The molecule has 1 aliphatic rings. The quantitative estimate of drug-likeness (QED) is 0.865. The van der Waals surface area contributed by atoms with Crippen LogP contribution in [-0.4, -0.2) is 49.4 Å². The number of benzene rings is 1. The topological polar surface area (TPSA) is 36.4 Å². The standard InChI is InChI=1S/C15H16N3OS/c1-17-6-8-18(9-7-17)15-16-14(11-20-15)13-4-2-12(10-19)3-5-13/h2-5,11H,6-9H2,1H3. The Hall–Kier alpha value is -1.72. The summed E-state index contributed by atoms with van der Waals surface area (Å²) in [4.78, 5) is 19.9. The largest absolute Gasteiger partial charge is 0.346 e. The second-order valence-electron chi connectivity index (χ2n) is 4.99. The molecule has 0 saturated carbocycles. The first-order chi connectivity index (χ1) is 9.76. The van der Waals surface area contributed by atoms with Crippen LogP contribution in [0.15, 0.2) is 29.6 Å². The number of nitrogens with zero attached hydrogens (tertiary/aromatic N) is 3. The van der Waals surface area contributed by atoms with Gasteiger partial charge in [0.25, 0.3) is 0 Å². The molecule has 2 heterocycles. The number of hydrogen-bond donors (Lipinski definition) is 0. The van der Waals surface area contributed by atoms with E-state index in [2.05, 4.69) is 22.2 Å². The monoisotopic (exact) mass is 286 g/mol. The Labute approximate surface area is 122 Å². The van der Waals surface area contributed by atoms with E-state index in [0.29, 0.717) is 5.56 Å². The van der Waals surface area contributed by atoms with E-state index >= 15 is 0 Å². The number of anilines is 1. The molecule has 20 heavy (non-hydrogen) atoms. The van der Waals surface area contributed by atoms with Crippen LogP contribution in [0.1, 0.15) is 5.56 Å². The number of piperazine rings is 1. The van der Waals surface area contributed by atoms with Crippen molar-refractivity contribution in [1.29, 1.82) is 0 Å². The zero-order valence-corrected chi connectivity index (χ0v) is 12.2. The lowest BCUT2D eigenvalue weighted by Gasteiger charge is -2.32. The Balaban J connectivity index is 1.77. The number of likely N-dealkylation sites (N-methyl/N-ethyl adjacent to an activating group) is 1. The predicted molar refractivity (Wildman–Crippen MR) is 82.1 cm³/mol. The smallest absolute Gasteiger partial charge is 0.233 e. The van der Waals surface area contributed by atoms with Crippen molar-refractivity contribution >= 4 is 22.8 Å². The lowest BCUT2D eigenvalue weighted by Crippen LogP contribution is -2.44. The van der Waals surface area contributed by atoms with Gasteiger partial charge >= 0.3 is 0 Å². The third kappa shape index (κ3) is 2.73. The Morgan fingerprint density at radius 1 is 1.15 bits per heavy atom. The maximum atomic E-state index is 10.5. The Bertz CT molecular complexity index is 585. The van der Waals surface area contributed by atoms with E-state index in [4.69, 9.17) is 4.98 Å². The van der Waals surface area contributed by atoms with Crippen molar-refractivity contribution in [2.24, 2.45) is 0 Å². The Morgan fingerprint density at radius 3 is 2.50 bits per heavy atom. The summed E-state index contributed by atoms with van der Waals surface area (Å²) < 4.78 is 0. The molecule has 0 spiro atoms. The molecule has 1 aliphatic heterocycles. The summed E-state index contributed by atoms with van der Waals surface area (Å²) in [5.74, 6) is 0. The first-order valence-electron chi connectivity index (χ1n) is 6.64. The summed E-state index contributed by atoms with van der Waals surface area (Å²) in [6, 6.07) is 7.39. The SMILES string of the molecule is CN1CCN(c2nc(-c3ccc([C]=O)cc3)cs2)CC1. The number of thiazole rings is 1. The van der Waals surface area contributed by atoms with E-state index in [1.54, 1.807) is 23.5 Å². The number of rotatable bonds is 3. The molecule has 1 fully saturated rings. The van der Waals surface area contributed by atoms with Crippen LogP contribution in [0.25, 0.3) is 11.3 Å². The molecule has 5 heteroatoms. The fraction of sp³-hybridized carbons (Fsp3) is 0.333. The van der Waals surface area contributed by atoms with E-state index in [1.165, 1.54) is 0 Å². The lowest BCUT2D eigenvalue weighted by atomic mass is 10.1. The minimum absolute atomic E-state index is 0.572. The summed E-state index contributed by atoms with van der Waals surface area (Å²) in [5, 5.41) is 3.16. The molecule has 1 radical (unpaired) electrons. The zero-order chi connectivity index (χ0) is 13.9. The zero-order valence-electron chi connectivity index (χ0n) is 11.4. The summed E-state index contributed by atoms with van der Waals surface area (Å²) in [7, 11) is 2.15. The normalized spacial score (nSPS) is 16.4. The molecule has 1 saturated heterocycles. The van der Waals surface area contributed by atoms with Crippen LogP contribution in [0, 0.1) is 0 Å². The highest BCUT2D eigenvalue weighted by Gasteiger charge is 2.17. The second kappa shape index (κ2) is 5.73. The molecule has 1 aromatic carbocycles. The van der Waals surface area contributed by atoms with Gasteiger partial charge in [-0.25, -0.2) is 4.98 Å². The number of hydrogen-bond acceptors (Lipinski definition) is 5. The molecule has 103 valence electrons. The maximum Gasteiger partial charge on any atom is 0.233 e. The van der Waals surface area contributed by atoms with Gasteiger partial charge in [-0.05, 0) is 7.05 Å². The summed E-state index contributed by atoms with van der Waals surface area (Å²) in [6.45, 7) is 4.22. The molecule has 0 amide bonds. The number of carbonyl (C=O) groups excluding carboxylic acids is 1. The van der Waals surface area contributed by atoms with E-state index in [0.717, 1.165) is 42.6 Å². The van der Waals surface area contributed by atoms with Gasteiger partial charge in [-0.2, -0.15) is 0 Å². The van der Waals surface area contributed by atoms with Gasteiger partial charge in [0.2, 0.25) is 6.29 Å². The highest BCUT2D eigenvalue weighted by Crippen LogP contribution is 2.28. The molecule has 0 atom stereocenters. The molecular weight excluding hydrogens is 270 g/mol. The highest BCUT2D eigenvalue weighted by atomic mass is 32.1. The van der Waals surface area contributed by atoms with Gasteiger partial charge in [0.05, 0.1) is 5.69 Å². The third-order valence-electron chi connectivity index (χ3n) is 3.56. The molecule has 4 nitrogen and oxygen atoms in total. The molecule has 0 unspecified atom stereocenters. The van der Waals surface area contributed by atoms with Crippen molar-refractivity contribution in [2.45, 2.75) is 0 Å². The van der Waals surface area contributed by atoms with E-state index < -0.39 is 0 Å². The summed E-state index contributed by atoms with van der Waals surface area (Å²) >= 11 is 1.68. The van der Waals surface area contributed by atoms with Crippen LogP contribution >= 0.6 is 11.3 Å². The fourth-order valence-corrected chi connectivity index (χ4v) is 3.14. The van der Waals surface area contributed by atoms with Crippen LogP contribution in [0.5, 0.6) is 0 Å². The average Bonchev–Trinajstić information content (AvgIpc) is 2.98. The van der Waals surface area contributed by atoms with Crippen molar-refractivity contribution in [3.63, 3.8) is 0 Å². The Morgan fingerprint density at radius 2 is 1.85 bits per heavy atom. The molecule has 0 N–H and O–H groups in total. The van der Waals surface area contributed by atoms with Gasteiger partial charge in [0.1, 0.15) is 0 Å². The first-order valence-corrected chi connectivity index (χ1v) is 7.52. The van der Waals surface area contributed by atoms with Crippen molar-refractivity contribution in [3.8, 4) is 11.3 Å². The predicted octanol–water partition coefficient (Wildman–Crippen LogP) is 2.02. The van der Waals surface area contributed by atoms with Gasteiger partial charge in [0, 0.05) is 42.7 Å². The Kier molecular flexibility index (Phi) is 3.80. The van der Waals surface area contributed by atoms with Gasteiger partial charge in [-0.15, -0.1) is 11.3 Å². The molecule has 0 bridgehead atoms. The van der Waals surface area contributed by atoms with E-state index in [-0.39, 0.29) is 0 Å². The van der Waals surface area contributed by atoms with Crippen LogP contribution in [-0.2, 0) is 4.79 Å². The van der Waals surface area contributed by atoms with Crippen molar-refractivity contribution in [2.75, 3.05) is 38.1 Å². The fourth-order valence-electron chi connectivity index (χ4n) is 2.25. The van der Waals surface area contributed by atoms with Crippen molar-refractivity contribution in [1.82, 2.24) is 9.88 Å². The molecular formula is C15H16N3OS. The molecule has 1 aromatic heterocycles. The lowest BCUT2D eigenvalue weighted by molar-refractivity contribution is 0.313. The van der Waals surface area contributed by atoms with Crippen LogP contribution in [0.2, 0.25) is 0 Å². The third-order valence-corrected chi connectivity index (χ3v) is 4.47. The van der Waals surface area contributed by atoms with Crippen LogP contribution in [0.4, 0.5) is 5.13 Å². The minimum atomic E-state index is 0.572. The number of aromatic nitrogens is 1. The molecule has 0 aliphatic carbocycles. The van der Waals surface area contributed by atoms with Gasteiger partial charge < -0.3 is 9.80 Å². The van der Waals surface area contributed by atoms with Gasteiger partial charge in [-0.1, -0.05) is 24.3 Å². The first kappa shape index (κ1) is 13.3. The van der Waals surface area contributed by atoms with Crippen LogP contribution < -0.4 is 4.90 Å². The van der Waals surface area contributed by atoms with Gasteiger partial charge in [0.15, 0.2) is 5.13 Å². The maximum absolute atomic E-state index is 10.5. The van der Waals surface area contributed by atoms with Crippen molar-refractivity contribution in [3.05, 3.63) is 35.2 Å². The summed E-state index contributed by atoms with van der Waals surface area (Å²) in [6.07, 6.45) is 1.89. The average molecular weight is 286 g/mol. The molecule has 2 aromatic rings. The second-order valence-corrected chi connectivity index (χ2v) is 5.82. The van der Waals surface area contributed by atoms with E-state index in [9.17, 15) is 4.79 Å². The highest BCUT2D eigenvalue weighted by molar-refractivity contribution is 7.14. The minimum Gasteiger partial charge on any atom is -0.346 e.